The second kappa shape index (κ2) is 2.76. The van der Waals surface area contributed by atoms with Crippen LogP contribution < -0.4 is 0 Å². The third-order valence-corrected chi connectivity index (χ3v) is 2.52. The van der Waals surface area contributed by atoms with Gasteiger partial charge in [-0.1, -0.05) is 6.07 Å². The van der Waals surface area contributed by atoms with Crippen LogP contribution in [0.3, 0.4) is 0 Å². The van der Waals surface area contributed by atoms with Gasteiger partial charge >= 0.3 is 0 Å². The van der Waals surface area contributed by atoms with E-state index < -0.39 is 0 Å². The van der Waals surface area contributed by atoms with Crippen LogP contribution in [0.2, 0.25) is 0 Å². The predicted octanol–water partition coefficient (Wildman–Crippen LogP) is 1.89. The molecule has 2 heterocycles. The van der Waals surface area contributed by atoms with Crippen molar-refractivity contribution in [2.24, 2.45) is 0 Å². The monoisotopic (exact) mass is 198 g/mol. The topological polar surface area (TPSA) is 43.1 Å². The Balaban J connectivity index is 2.62. The number of aromatic nitrogens is 4. The number of benzene rings is 1. The molecular formula is C11H10N4. The summed E-state index contributed by atoms with van der Waals surface area (Å²) in [7, 11) is 0. The lowest BCUT2D eigenvalue weighted by atomic mass is 10.1. The van der Waals surface area contributed by atoms with Crippen molar-refractivity contribution in [1.29, 1.82) is 0 Å². The van der Waals surface area contributed by atoms with Gasteiger partial charge in [-0.25, -0.2) is 4.52 Å². The molecule has 3 aromatic rings. The molecule has 4 nitrogen and oxygen atoms in total. The second-order valence-electron chi connectivity index (χ2n) is 3.75. The van der Waals surface area contributed by atoms with Crippen LogP contribution in [-0.4, -0.2) is 19.8 Å². The third-order valence-electron chi connectivity index (χ3n) is 2.52. The number of nitrogens with zero attached hydrogens (tertiary/aromatic N) is 4. The highest BCUT2D eigenvalue weighted by Crippen LogP contribution is 2.18. The van der Waals surface area contributed by atoms with Crippen LogP contribution in [0.25, 0.3) is 16.7 Å². The molecule has 0 aliphatic heterocycles. The minimum absolute atomic E-state index is 0.787. The van der Waals surface area contributed by atoms with Gasteiger partial charge in [0.25, 0.3) is 0 Å². The molecule has 2 aromatic heterocycles. The fourth-order valence-corrected chi connectivity index (χ4v) is 1.94. The summed E-state index contributed by atoms with van der Waals surface area (Å²) in [4.78, 5) is 0. The number of rotatable bonds is 0. The van der Waals surface area contributed by atoms with Gasteiger partial charge in [-0.05, 0) is 31.0 Å². The highest BCUT2D eigenvalue weighted by molar-refractivity contribution is 5.80. The average molecular weight is 198 g/mol. The van der Waals surface area contributed by atoms with Crippen molar-refractivity contribution >= 4 is 16.7 Å². The van der Waals surface area contributed by atoms with Crippen molar-refractivity contribution in [3.63, 3.8) is 0 Å². The lowest BCUT2D eigenvalue weighted by molar-refractivity contribution is 0.938. The summed E-state index contributed by atoms with van der Waals surface area (Å²) in [5.74, 6) is 0. The Bertz CT molecular complexity index is 654. The first-order chi connectivity index (χ1) is 7.25. The zero-order chi connectivity index (χ0) is 10.4. The van der Waals surface area contributed by atoms with Crippen molar-refractivity contribution in [1.82, 2.24) is 19.8 Å². The van der Waals surface area contributed by atoms with Gasteiger partial charge in [0, 0.05) is 6.07 Å². The largest absolute Gasteiger partial charge is 0.211 e. The van der Waals surface area contributed by atoms with E-state index in [0.717, 1.165) is 16.7 Å². The maximum atomic E-state index is 4.25. The van der Waals surface area contributed by atoms with Crippen LogP contribution in [0.4, 0.5) is 0 Å². The predicted molar refractivity (Wildman–Crippen MR) is 57.8 cm³/mol. The molecular weight excluding hydrogens is 188 g/mol. The Hall–Kier alpha value is -1.97. The summed E-state index contributed by atoms with van der Waals surface area (Å²) in [6.07, 6.45) is 1.74. The van der Waals surface area contributed by atoms with Crippen molar-refractivity contribution in [3.05, 3.63) is 35.5 Å². The average Bonchev–Trinajstić information content (AvgIpc) is 2.63. The fourth-order valence-electron chi connectivity index (χ4n) is 1.94. The van der Waals surface area contributed by atoms with Crippen molar-refractivity contribution < 1.29 is 0 Å². The third kappa shape index (κ3) is 1.11. The molecule has 3 rings (SSSR count). The molecule has 4 heteroatoms. The summed E-state index contributed by atoms with van der Waals surface area (Å²) in [6.45, 7) is 4.12. The molecule has 0 saturated heterocycles. The standard InChI is InChI=1S/C11H10N4/c1-7-5-8(2)11-9(6-7)13-14-10-3-4-12-15(10)11/h3-6H,1-2H3. The van der Waals surface area contributed by atoms with Crippen molar-refractivity contribution in [2.75, 3.05) is 0 Å². The molecule has 1 aromatic carbocycles. The lowest BCUT2D eigenvalue weighted by Gasteiger charge is -2.04. The maximum Gasteiger partial charge on any atom is 0.177 e. The number of hydrogen-bond acceptors (Lipinski definition) is 3. The minimum atomic E-state index is 0.787. The summed E-state index contributed by atoms with van der Waals surface area (Å²) in [6, 6.07) is 6.01. The van der Waals surface area contributed by atoms with Gasteiger partial charge in [0.15, 0.2) is 5.65 Å². The van der Waals surface area contributed by atoms with Gasteiger partial charge in [0.05, 0.1) is 11.7 Å². The van der Waals surface area contributed by atoms with Crippen LogP contribution in [0.15, 0.2) is 24.4 Å². The SMILES string of the molecule is Cc1cc(C)c2c(c1)nnc1ccnn12. The Morgan fingerprint density at radius 1 is 1.13 bits per heavy atom. The number of aryl methyl sites for hydroxylation is 2. The van der Waals surface area contributed by atoms with Crippen LogP contribution >= 0.6 is 0 Å². The quantitative estimate of drug-likeness (QED) is 0.554. The highest BCUT2D eigenvalue weighted by atomic mass is 15.3. The van der Waals surface area contributed by atoms with E-state index >= 15 is 0 Å². The van der Waals surface area contributed by atoms with Gasteiger partial charge in [0.1, 0.15) is 5.52 Å². The number of hydrogen-bond donors (Lipinski definition) is 0. The molecule has 0 radical (unpaired) electrons. The molecule has 0 saturated carbocycles. The van der Waals surface area contributed by atoms with Gasteiger partial charge in [-0.2, -0.15) is 5.10 Å². The van der Waals surface area contributed by atoms with E-state index in [1.165, 1.54) is 11.1 Å². The van der Waals surface area contributed by atoms with Crippen LogP contribution in [0.1, 0.15) is 11.1 Å². The van der Waals surface area contributed by atoms with Gasteiger partial charge in [-0.3, -0.25) is 0 Å². The lowest BCUT2D eigenvalue weighted by Crippen LogP contribution is -1.98. The minimum Gasteiger partial charge on any atom is -0.211 e. The molecule has 0 bridgehead atoms. The summed E-state index contributed by atoms with van der Waals surface area (Å²) in [5, 5.41) is 12.5. The van der Waals surface area contributed by atoms with Crippen molar-refractivity contribution in [2.45, 2.75) is 13.8 Å². The first kappa shape index (κ1) is 8.35. The van der Waals surface area contributed by atoms with E-state index in [-0.39, 0.29) is 0 Å². The summed E-state index contributed by atoms with van der Waals surface area (Å²) < 4.78 is 1.83. The summed E-state index contributed by atoms with van der Waals surface area (Å²) >= 11 is 0. The van der Waals surface area contributed by atoms with Crippen LogP contribution in [0.5, 0.6) is 0 Å². The van der Waals surface area contributed by atoms with Crippen LogP contribution in [-0.2, 0) is 0 Å². The van der Waals surface area contributed by atoms with E-state index in [9.17, 15) is 0 Å². The first-order valence-corrected chi connectivity index (χ1v) is 4.83. The molecule has 0 unspecified atom stereocenters. The van der Waals surface area contributed by atoms with E-state index in [4.69, 9.17) is 0 Å². The number of fused-ring (bicyclic) bond motifs is 3. The molecule has 0 amide bonds. The molecule has 0 aliphatic carbocycles. The zero-order valence-electron chi connectivity index (χ0n) is 8.60. The van der Waals surface area contributed by atoms with Gasteiger partial charge in [0.2, 0.25) is 0 Å². The molecule has 0 atom stereocenters. The van der Waals surface area contributed by atoms with E-state index in [1.807, 2.05) is 16.6 Å². The summed E-state index contributed by atoms with van der Waals surface area (Å²) in [5.41, 5.74) is 5.09. The van der Waals surface area contributed by atoms with E-state index in [0.29, 0.717) is 0 Å². The molecule has 0 spiro atoms. The van der Waals surface area contributed by atoms with Crippen LogP contribution in [0, 0.1) is 13.8 Å². The highest BCUT2D eigenvalue weighted by Gasteiger charge is 2.06. The van der Waals surface area contributed by atoms with Gasteiger partial charge in [-0.15, -0.1) is 10.2 Å². The Morgan fingerprint density at radius 2 is 2.00 bits per heavy atom. The smallest absolute Gasteiger partial charge is 0.177 e. The molecule has 0 fully saturated rings. The van der Waals surface area contributed by atoms with E-state index in [1.54, 1.807) is 6.20 Å². The van der Waals surface area contributed by atoms with Crippen molar-refractivity contribution in [3.8, 4) is 0 Å². The van der Waals surface area contributed by atoms with E-state index in [2.05, 4.69) is 35.2 Å². The molecule has 0 N–H and O–H groups in total. The Labute approximate surface area is 86.6 Å². The first-order valence-electron chi connectivity index (χ1n) is 4.83. The molecule has 15 heavy (non-hydrogen) atoms. The zero-order valence-corrected chi connectivity index (χ0v) is 8.60. The normalized spacial score (nSPS) is 11.3. The molecule has 0 aliphatic rings. The second-order valence-corrected chi connectivity index (χ2v) is 3.75. The van der Waals surface area contributed by atoms with Gasteiger partial charge < -0.3 is 0 Å². The Morgan fingerprint density at radius 3 is 2.87 bits per heavy atom. The molecule has 74 valence electrons. The fraction of sp³-hybridized carbons (Fsp3) is 0.182. The Kier molecular flexibility index (Phi) is 1.54. The maximum absolute atomic E-state index is 4.25.